The van der Waals surface area contributed by atoms with Gasteiger partial charge in [-0.05, 0) is 49.2 Å². The normalized spacial score (nSPS) is 21.2. The van der Waals surface area contributed by atoms with Crippen LogP contribution in [0.15, 0.2) is 36.4 Å². The van der Waals surface area contributed by atoms with Gasteiger partial charge >= 0.3 is 0 Å². The van der Waals surface area contributed by atoms with Crippen molar-refractivity contribution in [3.8, 4) is 45.6 Å². The Kier molecular flexibility index (Phi) is 7.05. The molecule has 8 N–H and O–H groups in total. The molecular weight excluding hydrogens is 644 g/mol. The zero-order valence-electron chi connectivity index (χ0n) is 25.5. The molecule has 1 fully saturated rings. The molecule has 2 aliphatic carbocycles. The molecule has 1 aliphatic heterocycles. The minimum absolute atomic E-state index is 0.312. The molecule has 14 nitrogen and oxygen atoms in total. The Hall–Kier alpha value is -5.80. The zero-order chi connectivity index (χ0) is 35.4. The third-order valence-electron chi connectivity index (χ3n) is 8.88. The maximum Gasteiger partial charge on any atom is 0.228 e. The van der Waals surface area contributed by atoms with Gasteiger partial charge in [0.15, 0.2) is 11.6 Å². The van der Waals surface area contributed by atoms with Crippen LogP contribution in [0.3, 0.4) is 0 Å². The summed E-state index contributed by atoms with van der Waals surface area (Å²) in [6, 6.07) is 6.55. The second-order valence-corrected chi connectivity index (χ2v) is 12.2. The van der Waals surface area contributed by atoms with Crippen molar-refractivity contribution in [1.82, 2.24) is 0 Å². The number of aliphatic hydroxyl groups excluding tert-OH is 3. The Bertz CT molecular complexity index is 2220. The number of carbonyl (C=O) groups is 4. The van der Waals surface area contributed by atoms with Gasteiger partial charge in [0.05, 0.1) is 28.9 Å². The van der Waals surface area contributed by atoms with Crippen LogP contribution in [0.2, 0.25) is 0 Å². The second-order valence-electron chi connectivity index (χ2n) is 12.2. The Morgan fingerprint density at radius 1 is 0.531 bits per heavy atom. The number of aromatic hydroxyl groups is 5. The third kappa shape index (κ3) is 4.49. The van der Waals surface area contributed by atoms with Crippen molar-refractivity contribution in [2.24, 2.45) is 0 Å². The molecule has 4 aromatic carbocycles. The number of benzene rings is 4. The average molecular weight is 671 g/mol. The SMILES string of the molecule is Cc1cc(O)c2c(c1)C(=O)c1c(c(O)cc(O)c1-c1c(O[C@H]3OC[C@H](O)[C@@H](O)[C@H]3O)cc(O)c3c1C(=O)c1cc(C)cc(O)c1C3=O)C2=O. The van der Waals surface area contributed by atoms with Crippen molar-refractivity contribution < 1.29 is 69.5 Å². The molecule has 250 valence electrons. The molecule has 14 heteroatoms. The molecule has 1 heterocycles. The van der Waals surface area contributed by atoms with Gasteiger partial charge in [-0.15, -0.1) is 0 Å². The first kappa shape index (κ1) is 31.8. The van der Waals surface area contributed by atoms with E-state index in [0.29, 0.717) is 17.2 Å². The molecule has 7 rings (SSSR count). The number of aliphatic hydroxyl groups is 3. The van der Waals surface area contributed by atoms with Crippen LogP contribution in [0.1, 0.15) is 74.8 Å². The molecule has 0 amide bonds. The van der Waals surface area contributed by atoms with Crippen LogP contribution in [-0.2, 0) is 4.74 Å². The molecule has 0 unspecified atom stereocenters. The smallest absolute Gasteiger partial charge is 0.228 e. The average Bonchev–Trinajstić information content (AvgIpc) is 3.02. The first-order chi connectivity index (χ1) is 23.1. The van der Waals surface area contributed by atoms with E-state index in [0.717, 1.165) is 6.07 Å². The molecule has 0 aromatic heterocycles. The van der Waals surface area contributed by atoms with Crippen molar-refractivity contribution in [2.75, 3.05) is 6.61 Å². The lowest BCUT2D eigenvalue weighted by Crippen LogP contribution is -2.54. The Morgan fingerprint density at radius 2 is 0.980 bits per heavy atom. The fourth-order valence-corrected chi connectivity index (χ4v) is 6.71. The summed E-state index contributed by atoms with van der Waals surface area (Å²) in [6.07, 6.45) is -7.02. The number of phenols is 5. The van der Waals surface area contributed by atoms with Crippen molar-refractivity contribution in [3.05, 3.63) is 92.0 Å². The van der Waals surface area contributed by atoms with Gasteiger partial charge < -0.3 is 50.3 Å². The highest BCUT2D eigenvalue weighted by atomic mass is 16.7. The van der Waals surface area contributed by atoms with Crippen molar-refractivity contribution in [3.63, 3.8) is 0 Å². The van der Waals surface area contributed by atoms with Crippen LogP contribution < -0.4 is 4.74 Å². The number of carbonyl (C=O) groups excluding carboxylic acids is 4. The zero-order valence-corrected chi connectivity index (χ0v) is 25.5. The van der Waals surface area contributed by atoms with Gasteiger partial charge in [0.25, 0.3) is 0 Å². The van der Waals surface area contributed by atoms with Gasteiger partial charge in [-0.25, -0.2) is 0 Å². The van der Waals surface area contributed by atoms with Gasteiger partial charge in [0, 0.05) is 45.5 Å². The molecule has 49 heavy (non-hydrogen) atoms. The number of hydrogen-bond donors (Lipinski definition) is 8. The van der Waals surface area contributed by atoms with E-state index < -0.39 is 133 Å². The van der Waals surface area contributed by atoms with Crippen LogP contribution in [-0.4, -0.2) is 95.2 Å². The molecule has 1 saturated heterocycles. The van der Waals surface area contributed by atoms with Crippen LogP contribution in [0, 0.1) is 13.8 Å². The highest BCUT2D eigenvalue weighted by Gasteiger charge is 2.45. The summed E-state index contributed by atoms with van der Waals surface area (Å²) in [5.74, 6) is -8.40. The summed E-state index contributed by atoms with van der Waals surface area (Å²) in [4.78, 5) is 56.4. The van der Waals surface area contributed by atoms with Crippen LogP contribution in [0.4, 0.5) is 0 Å². The molecule has 4 atom stereocenters. The molecule has 0 saturated carbocycles. The Balaban J connectivity index is 1.58. The van der Waals surface area contributed by atoms with Gasteiger partial charge in [0.1, 0.15) is 52.8 Å². The van der Waals surface area contributed by atoms with Crippen LogP contribution in [0.25, 0.3) is 11.1 Å². The minimum Gasteiger partial charge on any atom is -0.507 e. The van der Waals surface area contributed by atoms with E-state index in [1.54, 1.807) is 0 Å². The largest absolute Gasteiger partial charge is 0.507 e. The quantitative estimate of drug-likeness (QED) is 0.134. The molecular formula is C35H26O14. The summed E-state index contributed by atoms with van der Waals surface area (Å²) >= 11 is 0. The number of fused-ring (bicyclic) bond motifs is 4. The predicted octanol–water partition coefficient (Wildman–Crippen LogP) is 1.87. The molecule has 0 bridgehead atoms. The standard InChI is InChI=1S/C35H26O14/c1-10-3-12-21(14(36)5-10)32(45)24-17(39)7-16(38)23(27(24)29(12)42)26-20(49-35-34(47)31(44)19(41)9-48-35)8-18(40)25-28(26)30(43)13-4-11(2)6-15(37)22(13)33(25)46/h3-8,19,31,34-41,44,47H,9H2,1-2H3/t19-,31+,34+,35+/m0/s1. The van der Waals surface area contributed by atoms with Gasteiger partial charge in [-0.1, -0.05) is 0 Å². The number of rotatable bonds is 3. The van der Waals surface area contributed by atoms with E-state index >= 15 is 0 Å². The van der Waals surface area contributed by atoms with E-state index in [-0.39, 0.29) is 11.1 Å². The van der Waals surface area contributed by atoms with E-state index in [1.165, 1.54) is 38.1 Å². The number of ketones is 4. The maximum absolute atomic E-state index is 14.4. The Labute approximate surface area is 275 Å². The van der Waals surface area contributed by atoms with E-state index in [2.05, 4.69) is 0 Å². The number of aryl methyl sites for hydroxylation is 2. The molecule has 0 spiro atoms. The van der Waals surface area contributed by atoms with E-state index in [1.807, 2.05) is 0 Å². The van der Waals surface area contributed by atoms with Crippen molar-refractivity contribution >= 4 is 23.1 Å². The predicted molar refractivity (Wildman–Crippen MR) is 165 cm³/mol. The summed E-state index contributed by atoms with van der Waals surface area (Å²) in [7, 11) is 0. The van der Waals surface area contributed by atoms with E-state index in [4.69, 9.17) is 9.47 Å². The lowest BCUT2D eigenvalue weighted by Gasteiger charge is -2.36. The summed E-state index contributed by atoms with van der Waals surface area (Å²) < 4.78 is 11.2. The number of ether oxygens (including phenoxy) is 2. The highest BCUT2D eigenvalue weighted by Crippen LogP contribution is 2.53. The van der Waals surface area contributed by atoms with Crippen LogP contribution in [0.5, 0.6) is 34.5 Å². The monoisotopic (exact) mass is 670 g/mol. The van der Waals surface area contributed by atoms with Crippen molar-refractivity contribution in [2.45, 2.75) is 38.4 Å². The number of hydrogen-bond acceptors (Lipinski definition) is 14. The fraction of sp³-hybridized carbons (Fsp3) is 0.200. The lowest BCUT2D eigenvalue weighted by atomic mass is 9.74. The highest BCUT2D eigenvalue weighted by molar-refractivity contribution is 6.35. The molecule has 4 aromatic rings. The summed E-state index contributed by atoms with van der Waals surface area (Å²) in [5.41, 5.74) is -4.61. The summed E-state index contributed by atoms with van der Waals surface area (Å²) in [6.45, 7) is 2.54. The Morgan fingerprint density at radius 3 is 1.51 bits per heavy atom. The lowest BCUT2D eigenvalue weighted by molar-refractivity contribution is -0.241. The minimum atomic E-state index is -1.92. The fourth-order valence-electron chi connectivity index (χ4n) is 6.71. The molecule has 3 aliphatic rings. The van der Waals surface area contributed by atoms with Gasteiger partial charge in [-0.2, -0.15) is 0 Å². The maximum atomic E-state index is 14.4. The van der Waals surface area contributed by atoms with E-state index in [9.17, 15) is 60.0 Å². The van der Waals surface area contributed by atoms with Crippen molar-refractivity contribution in [1.29, 1.82) is 0 Å². The van der Waals surface area contributed by atoms with Gasteiger partial charge in [0.2, 0.25) is 17.9 Å². The number of phenolic OH excluding ortho intramolecular Hbond substituents is 5. The summed E-state index contributed by atoms with van der Waals surface area (Å²) in [5, 5.41) is 85.8. The second kappa shape index (κ2) is 10.9. The van der Waals surface area contributed by atoms with Gasteiger partial charge in [-0.3, -0.25) is 19.2 Å². The first-order valence-corrected chi connectivity index (χ1v) is 14.8. The topological polar surface area (TPSA) is 249 Å². The first-order valence-electron chi connectivity index (χ1n) is 14.8. The molecule has 0 radical (unpaired) electrons. The third-order valence-corrected chi connectivity index (χ3v) is 8.88. The van der Waals surface area contributed by atoms with Crippen LogP contribution >= 0.6 is 0 Å².